The number of carbonyl (C=O) groups is 5. The first-order valence-electron chi connectivity index (χ1n) is 20.4. The minimum atomic E-state index is -0.724. The lowest BCUT2D eigenvalue weighted by Crippen LogP contribution is -2.42. The summed E-state index contributed by atoms with van der Waals surface area (Å²) in [6.45, 7) is 10.7. The van der Waals surface area contributed by atoms with Crippen molar-refractivity contribution in [1.82, 2.24) is 10.2 Å². The van der Waals surface area contributed by atoms with Gasteiger partial charge in [-0.15, -0.1) is 11.3 Å². The number of esters is 2. The molecule has 0 saturated heterocycles. The van der Waals surface area contributed by atoms with Gasteiger partial charge in [0, 0.05) is 60.1 Å². The van der Waals surface area contributed by atoms with E-state index in [0.717, 1.165) is 11.3 Å². The van der Waals surface area contributed by atoms with Crippen molar-refractivity contribution in [2.24, 2.45) is 0 Å². The summed E-state index contributed by atoms with van der Waals surface area (Å²) in [4.78, 5) is 64.5. The number of Topliss-reactive ketones (excluding diaryl/α,β-unsaturated/α-hetero) is 1. The molecule has 5 rings (SSSR count). The van der Waals surface area contributed by atoms with Crippen LogP contribution in [0.25, 0.3) is 10.1 Å². The van der Waals surface area contributed by atoms with Gasteiger partial charge in [-0.2, -0.15) is 0 Å². The molecule has 1 N–H and O–H groups in total. The van der Waals surface area contributed by atoms with Crippen LogP contribution in [0.4, 0.5) is 13.6 Å². The van der Waals surface area contributed by atoms with E-state index in [4.69, 9.17) is 33.2 Å². The number of amides is 2. The number of hydrogen-bond acceptors (Lipinski definition) is 13. The fourth-order valence-corrected chi connectivity index (χ4v) is 8.05. The zero-order valence-electron chi connectivity index (χ0n) is 36.1. The van der Waals surface area contributed by atoms with Gasteiger partial charge in [0.1, 0.15) is 17.3 Å². The Morgan fingerprint density at radius 2 is 1.36 bits per heavy atom. The molecule has 1 aliphatic carbocycles. The number of benzene rings is 2. The number of halogens is 2. The Kier molecular flexibility index (Phi) is 15.5. The fourth-order valence-electron chi connectivity index (χ4n) is 7.00. The van der Waals surface area contributed by atoms with E-state index in [2.05, 4.69) is 5.32 Å². The second-order valence-corrected chi connectivity index (χ2v) is 18.1. The molecular weight excluding hydrogens is 819 g/mol. The quantitative estimate of drug-likeness (QED) is 0.0597. The molecular formula is C44H56F2N2O12S. The topological polar surface area (TPSA) is 165 Å². The van der Waals surface area contributed by atoms with Crippen LogP contribution >= 0.6 is 11.3 Å². The van der Waals surface area contributed by atoms with Crippen LogP contribution in [-0.4, -0.2) is 85.4 Å². The first-order valence-corrected chi connectivity index (χ1v) is 21.2. The highest BCUT2D eigenvalue weighted by molar-refractivity contribution is 7.20. The number of carbonyl (C=O) groups excluding carboxylic acids is 5. The average Bonchev–Trinajstić information content (AvgIpc) is 3.82. The maximum Gasteiger partial charge on any atom is 0.407 e. The first-order chi connectivity index (χ1) is 28.7. The van der Waals surface area contributed by atoms with Gasteiger partial charge in [0.05, 0.1) is 45.2 Å². The Bertz CT molecular complexity index is 2100. The van der Waals surface area contributed by atoms with Gasteiger partial charge < -0.3 is 43.4 Å². The lowest BCUT2D eigenvalue weighted by atomic mass is 9.93. The van der Waals surface area contributed by atoms with E-state index in [1.54, 1.807) is 53.7 Å². The lowest BCUT2D eigenvalue weighted by molar-refractivity contribution is -0.156. The Hall–Kier alpha value is -5.19. The first kappa shape index (κ1) is 46.9. The van der Waals surface area contributed by atoms with Crippen molar-refractivity contribution in [1.29, 1.82) is 0 Å². The van der Waals surface area contributed by atoms with E-state index in [-0.39, 0.29) is 121 Å². The molecule has 1 fully saturated rings. The van der Waals surface area contributed by atoms with E-state index >= 15 is 8.78 Å². The summed E-state index contributed by atoms with van der Waals surface area (Å²) >= 11 is 1.07. The smallest absolute Gasteiger partial charge is 0.407 e. The SMILES string of the molecule is COc1cc2c(c(F)c1OCCCOc1c(OC)cc3sc(C(=O)CCC(=O)O[C@H]4CC[C@H](NC(=O)OC(C)(C)C)CC4)cc3c1F)CN(C(=O)CCC(=O)OC(C)(C)C)C2. The largest absolute Gasteiger partial charge is 0.493 e. The van der Waals surface area contributed by atoms with Gasteiger partial charge in [0.2, 0.25) is 5.91 Å². The van der Waals surface area contributed by atoms with Crippen molar-refractivity contribution in [2.45, 2.75) is 136 Å². The van der Waals surface area contributed by atoms with Crippen LogP contribution in [0.5, 0.6) is 23.0 Å². The van der Waals surface area contributed by atoms with Crippen molar-refractivity contribution in [3.63, 3.8) is 0 Å². The zero-order valence-corrected chi connectivity index (χ0v) is 36.9. The molecule has 0 radical (unpaired) electrons. The predicted octanol–water partition coefficient (Wildman–Crippen LogP) is 8.35. The third kappa shape index (κ3) is 12.9. The summed E-state index contributed by atoms with van der Waals surface area (Å²) in [5, 5.41) is 3.01. The minimum Gasteiger partial charge on any atom is -0.493 e. The second kappa shape index (κ2) is 20.1. The third-order valence-corrected chi connectivity index (χ3v) is 11.0. The Balaban J connectivity index is 1.09. The molecule has 0 spiro atoms. The maximum absolute atomic E-state index is 15.9. The van der Waals surface area contributed by atoms with Gasteiger partial charge in [-0.1, -0.05) is 0 Å². The van der Waals surface area contributed by atoms with Crippen molar-refractivity contribution < 1.29 is 65.9 Å². The molecule has 334 valence electrons. The number of ketones is 1. The number of fused-ring (bicyclic) bond motifs is 2. The molecule has 17 heteroatoms. The molecule has 3 aromatic rings. The van der Waals surface area contributed by atoms with Crippen LogP contribution in [0, 0.1) is 11.6 Å². The molecule has 61 heavy (non-hydrogen) atoms. The highest BCUT2D eigenvalue weighted by Gasteiger charge is 2.31. The fraction of sp³-hybridized carbons (Fsp3) is 0.568. The molecule has 1 saturated carbocycles. The summed E-state index contributed by atoms with van der Waals surface area (Å²) in [5.41, 5.74) is -0.413. The molecule has 1 aromatic heterocycles. The maximum atomic E-state index is 15.9. The summed E-state index contributed by atoms with van der Waals surface area (Å²) in [6, 6.07) is 4.55. The molecule has 0 atom stereocenters. The summed E-state index contributed by atoms with van der Waals surface area (Å²) in [7, 11) is 2.74. The van der Waals surface area contributed by atoms with Gasteiger partial charge in [-0.05, 0) is 84.9 Å². The minimum absolute atomic E-state index is 0.00171. The number of alkyl carbamates (subject to hydrolysis) is 1. The van der Waals surface area contributed by atoms with Gasteiger partial charge in [-0.3, -0.25) is 19.2 Å². The summed E-state index contributed by atoms with van der Waals surface area (Å²) in [5.74, 6) is -3.07. The predicted molar refractivity (Wildman–Crippen MR) is 221 cm³/mol. The van der Waals surface area contributed by atoms with Gasteiger partial charge in [-0.25, -0.2) is 13.6 Å². The van der Waals surface area contributed by atoms with Crippen LogP contribution < -0.4 is 24.3 Å². The van der Waals surface area contributed by atoms with Crippen LogP contribution in [-0.2, 0) is 41.7 Å². The van der Waals surface area contributed by atoms with Crippen LogP contribution in [0.2, 0.25) is 0 Å². The standard InChI is InChI=1S/C44H56F2N2O12S/c1-43(2,3)59-37(52)17-15-35(50)48-23-25-20-31(54-7)40(39(46)29(25)24-48)56-18-9-19-57-41-32(55-8)22-33-28(38(41)45)21-34(61-33)30(49)14-16-36(51)58-27-12-10-26(11-13-27)47-42(53)60-44(4,5)6/h20-22,26-27H,9-19,23-24H2,1-8H3,(H,47,53)/t26-,27-. The summed E-state index contributed by atoms with van der Waals surface area (Å²) in [6.07, 6.45) is 1.40. The number of rotatable bonds is 17. The highest BCUT2D eigenvalue weighted by Crippen LogP contribution is 2.41. The molecule has 2 aliphatic rings. The number of methoxy groups -OCH3 is 2. The van der Waals surface area contributed by atoms with Crippen molar-refractivity contribution in [3.05, 3.63) is 45.8 Å². The van der Waals surface area contributed by atoms with Crippen molar-refractivity contribution >= 4 is 51.1 Å². The van der Waals surface area contributed by atoms with E-state index in [0.29, 0.717) is 35.9 Å². The highest BCUT2D eigenvalue weighted by atomic mass is 32.1. The number of thiophene rings is 1. The monoisotopic (exact) mass is 874 g/mol. The Morgan fingerprint density at radius 1 is 0.754 bits per heavy atom. The van der Waals surface area contributed by atoms with Crippen molar-refractivity contribution in [3.8, 4) is 23.0 Å². The molecule has 0 bridgehead atoms. The Labute approximate surface area is 358 Å². The molecule has 2 amide bonds. The van der Waals surface area contributed by atoms with E-state index < -0.39 is 40.9 Å². The van der Waals surface area contributed by atoms with E-state index in [1.807, 2.05) is 0 Å². The van der Waals surface area contributed by atoms with Crippen LogP contribution in [0.15, 0.2) is 18.2 Å². The van der Waals surface area contributed by atoms with Gasteiger partial charge in [0.25, 0.3) is 0 Å². The molecule has 2 heterocycles. The molecule has 0 unspecified atom stereocenters. The average molecular weight is 875 g/mol. The summed E-state index contributed by atoms with van der Waals surface area (Å²) < 4.78 is 70.7. The normalized spacial score (nSPS) is 16.4. The zero-order chi connectivity index (χ0) is 44.6. The van der Waals surface area contributed by atoms with E-state index in [1.165, 1.54) is 25.2 Å². The number of ether oxygens (including phenoxy) is 7. The molecule has 2 aromatic carbocycles. The van der Waals surface area contributed by atoms with Gasteiger partial charge in [0.15, 0.2) is 40.4 Å². The van der Waals surface area contributed by atoms with Crippen LogP contribution in [0.3, 0.4) is 0 Å². The second-order valence-electron chi connectivity index (χ2n) is 17.0. The van der Waals surface area contributed by atoms with E-state index in [9.17, 15) is 24.0 Å². The van der Waals surface area contributed by atoms with Gasteiger partial charge >= 0.3 is 18.0 Å². The number of nitrogens with zero attached hydrogens (tertiary/aromatic N) is 1. The van der Waals surface area contributed by atoms with Crippen molar-refractivity contribution in [2.75, 3.05) is 27.4 Å². The molecule has 1 aliphatic heterocycles. The third-order valence-electron chi connectivity index (χ3n) is 9.84. The molecule has 14 nitrogen and oxygen atoms in total. The Morgan fingerprint density at radius 3 is 1.98 bits per heavy atom. The number of nitrogens with one attached hydrogen (secondary N) is 1. The van der Waals surface area contributed by atoms with Crippen LogP contribution in [0.1, 0.15) is 120 Å². The lowest BCUT2D eigenvalue weighted by Gasteiger charge is -2.29. The number of hydrogen-bond donors (Lipinski definition) is 1.